The van der Waals surface area contributed by atoms with Gasteiger partial charge >= 0.3 is 12.0 Å². The molecule has 0 aliphatic carbocycles. The molecule has 0 spiro atoms. The van der Waals surface area contributed by atoms with Crippen molar-refractivity contribution in [1.82, 2.24) is 20.2 Å². The van der Waals surface area contributed by atoms with Gasteiger partial charge in [0.05, 0.1) is 31.1 Å². The molecule has 1 atom stereocenters. The second-order valence-corrected chi connectivity index (χ2v) is 6.10. The van der Waals surface area contributed by atoms with Crippen molar-refractivity contribution in [3.63, 3.8) is 0 Å². The van der Waals surface area contributed by atoms with E-state index in [4.69, 9.17) is 21.1 Å². The maximum absolute atomic E-state index is 12.3. The SMILES string of the molecule is COc1ccc(CNC(=O)N2CCC(Oc3ncc(Cl)cn3)C2)cc1. The van der Waals surface area contributed by atoms with Crippen molar-refractivity contribution in [2.24, 2.45) is 0 Å². The fourth-order valence-electron chi connectivity index (χ4n) is 2.55. The lowest BCUT2D eigenvalue weighted by atomic mass is 10.2. The number of nitrogens with one attached hydrogen (secondary N) is 1. The van der Waals surface area contributed by atoms with E-state index in [1.54, 1.807) is 12.0 Å². The molecule has 1 aliphatic rings. The zero-order valence-electron chi connectivity index (χ0n) is 13.8. The summed E-state index contributed by atoms with van der Waals surface area (Å²) in [5.41, 5.74) is 1.01. The summed E-state index contributed by atoms with van der Waals surface area (Å²) in [5, 5.41) is 3.37. The van der Waals surface area contributed by atoms with Crippen LogP contribution in [0, 0.1) is 0 Å². The first-order valence-corrected chi connectivity index (χ1v) is 8.32. The minimum absolute atomic E-state index is 0.112. The standard InChI is InChI=1S/C17H19ClN4O3/c1-24-14-4-2-12(3-5-14)8-21-17(23)22-7-6-15(11-22)25-16-19-9-13(18)10-20-16/h2-5,9-10,15H,6-8,11H2,1H3,(H,21,23). The van der Waals surface area contributed by atoms with Gasteiger partial charge in [0, 0.05) is 19.5 Å². The molecule has 1 fully saturated rings. The molecule has 1 unspecified atom stereocenters. The molecule has 2 heterocycles. The van der Waals surface area contributed by atoms with Gasteiger partial charge in [-0.2, -0.15) is 0 Å². The Morgan fingerprint density at radius 1 is 1.32 bits per heavy atom. The number of amides is 2. The number of carbonyl (C=O) groups is 1. The molecular weight excluding hydrogens is 344 g/mol. The van der Waals surface area contributed by atoms with E-state index >= 15 is 0 Å². The summed E-state index contributed by atoms with van der Waals surface area (Å²) in [6.07, 6.45) is 3.59. The van der Waals surface area contributed by atoms with Crippen LogP contribution in [-0.2, 0) is 6.54 Å². The summed E-state index contributed by atoms with van der Waals surface area (Å²) < 4.78 is 10.8. The first-order valence-electron chi connectivity index (χ1n) is 7.94. The van der Waals surface area contributed by atoms with Crippen molar-refractivity contribution in [1.29, 1.82) is 0 Å². The van der Waals surface area contributed by atoms with E-state index in [1.807, 2.05) is 24.3 Å². The Balaban J connectivity index is 1.46. The second kappa shape index (κ2) is 8.02. The van der Waals surface area contributed by atoms with E-state index in [0.29, 0.717) is 24.7 Å². The molecule has 0 radical (unpaired) electrons. The van der Waals surface area contributed by atoms with Gasteiger partial charge in [-0.3, -0.25) is 0 Å². The van der Waals surface area contributed by atoms with Crippen LogP contribution in [-0.4, -0.2) is 47.2 Å². The molecule has 132 valence electrons. The molecule has 7 nitrogen and oxygen atoms in total. The quantitative estimate of drug-likeness (QED) is 0.884. The number of ether oxygens (including phenoxy) is 2. The van der Waals surface area contributed by atoms with E-state index in [9.17, 15) is 4.79 Å². The summed E-state index contributed by atoms with van der Waals surface area (Å²) in [4.78, 5) is 22.0. The highest BCUT2D eigenvalue weighted by Gasteiger charge is 2.28. The Labute approximate surface area is 150 Å². The molecule has 0 bridgehead atoms. The summed E-state index contributed by atoms with van der Waals surface area (Å²) in [5.74, 6) is 0.791. The molecule has 1 aromatic heterocycles. The van der Waals surface area contributed by atoms with Gasteiger partial charge in [-0.25, -0.2) is 14.8 Å². The fourth-order valence-corrected chi connectivity index (χ4v) is 2.65. The number of hydrogen-bond acceptors (Lipinski definition) is 5. The largest absolute Gasteiger partial charge is 0.497 e. The summed E-state index contributed by atoms with van der Waals surface area (Å²) in [6.45, 7) is 1.60. The Morgan fingerprint density at radius 3 is 2.72 bits per heavy atom. The fraction of sp³-hybridized carbons (Fsp3) is 0.353. The van der Waals surface area contributed by atoms with Crippen molar-refractivity contribution < 1.29 is 14.3 Å². The van der Waals surface area contributed by atoms with Crippen LogP contribution in [0.15, 0.2) is 36.7 Å². The van der Waals surface area contributed by atoms with Gasteiger partial charge in [0.2, 0.25) is 0 Å². The minimum Gasteiger partial charge on any atom is -0.497 e. The topological polar surface area (TPSA) is 76.6 Å². The number of likely N-dealkylation sites (tertiary alicyclic amines) is 1. The minimum atomic E-state index is -0.118. The van der Waals surface area contributed by atoms with E-state index < -0.39 is 0 Å². The van der Waals surface area contributed by atoms with Crippen molar-refractivity contribution in [3.8, 4) is 11.8 Å². The Hall–Kier alpha value is -2.54. The Kier molecular flexibility index (Phi) is 5.55. The van der Waals surface area contributed by atoms with Gasteiger partial charge in [0.1, 0.15) is 11.9 Å². The average Bonchev–Trinajstić information content (AvgIpc) is 3.10. The zero-order valence-corrected chi connectivity index (χ0v) is 14.6. The van der Waals surface area contributed by atoms with E-state index in [-0.39, 0.29) is 18.1 Å². The van der Waals surface area contributed by atoms with Crippen LogP contribution in [0.4, 0.5) is 4.79 Å². The van der Waals surface area contributed by atoms with Gasteiger partial charge in [-0.05, 0) is 17.7 Å². The van der Waals surface area contributed by atoms with Crippen LogP contribution in [0.25, 0.3) is 0 Å². The van der Waals surface area contributed by atoms with E-state index in [0.717, 1.165) is 17.7 Å². The highest BCUT2D eigenvalue weighted by atomic mass is 35.5. The second-order valence-electron chi connectivity index (χ2n) is 5.67. The maximum atomic E-state index is 12.3. The average molecular weight is 363 g/mol. The first kappa shape index (κ1) is 17.3. The third-order valence-corrected chi connectivity index (χ3v) is 4.10. The number of aromatic nitrogens is 2. The van der Waals surface area contributed by atoms with E-state index in [1.165, 1.54) is 12.4 Å². The lowest BCUT2D eigenvalue weighted by molar-refractivity contribution is 0.178. The molecule has 0 saturated carbocycles. The highest BCUT2D eigenvalue weighted by molar-refractivity contribution is 6.30. The zero-order chi connectivity index (χ0) is 17.6. The van der Waals surface area contributed by atoms with Gasteiger partial charge < -0.3 is 19.7 Å². The van der Waals surface area contributed by atoms with Crippen LogP contribution in [0.3, 0.4) is 0 Å². The number of urea groups is 1. The number of benzene rings is 1. The van der Waals surface area contributed by atoms with Crippen molar-refractivity contribution in [2.45, 2.75) is 19.1 Å². The molecule has 2 amide bonds. The number of halogens is 1. The predicted molar refractivity (Wildman–Crippen MR) is 92.9 cm³/mol. The molecule has 1 saturated heterocycles. The smallest absolute Gasteiger partial charge is 0.317 e. The molecule has 1 aliphatic heterocycles. The Bertz CT molecular complexity index is 709. The van der Waals surface area contributed by atoms with Crippen LogP contribution >= 0.6 is 11.6 Å². The van der Waals surface area contributed by atoms with Crippen LogP contribution in [0.2, 0.25) is 5.02 Å². The monoisotopic (exact) mass is 362 g/mol. The first-order chi connectivity index (χ1) is 12.1. The molecule has 8 heteroatoms. The normalized spacial score (nSPS) is 16.6. The number of nitrogens with zero attached hydrogens (tertiary/aromatic N) is 3. The number of carbonyl (C=O) groups excluding carboxylic acids is 1. The molecule has 3 rings (SSSR count). The summed E-state index contributed by atoms with van der Waals surface area (Å²) >= 11 is 5.75. The lowest BCUT2D eigenvalue weighted by Gasteiger charge is -2.17. The van der Waals surface area contributed by atoms with Gasteiger partial charge in [-0.1, -0.05) is 23.7 Å². The maximum Gasteiger partial charge on any atom is 0.317 e. The summed E-state index contributed by atoms with van der Waals surface area (Å²) in [6, 6.07) is 7.74. The predicted octanol–water partition coefficient (Wildman–Crippen LogP) is 2.50. The third-order valence-electron chi connectivity index (χ3n) is 3.90. The third kappa shape index (κ3) is 4.73. The molecule has 1 aromatic carbocycles. The number of hydrogen-bond donors (Lipinski definition) is 1. The van der Waals surface area contributed by atoms with Crippen LogP contribution in [0.1, 0.15) is 12.0 Å². The van der Waals surface area contributed by atoms with Crippen LogP contribution < -0.4 is 14.8 Å². The highest BCUT2D eigenvalue weighted by Crippen LogP contribution is 2.16. The van der Waals surface area contributed by atoms with E-state index in [2.05, 4.69) is 15.3 Å². The summed E-state index contributed by atoms with van der Waals surface area (Å²) in [7, 11) is 1.62. The van der Waals surface area contributed by atoms with Crippen molar-refractivity contribution >= 4 is 17.6 Å². The molecule has 25 heavy (non-hydrogen) atoms. The Morgan fingerprint density at radius 2 is 2.04 bits per heavy atom. The van der Waals surface area contributed by atoms with Gasteiger partial charge in [-0.15, -0.1) is 0 Å². The van der Waals surface area contributed by atoms with Crippen molar-refractivity contribution in [3.05, 3.63) is 47.2 Å². The van der Waals surface area contributed by atoms with Gasteiger partial charge in [0.25, 0.3) is 0 Å². The van der Waals surface area contributed by atoms with Gasteiger partial charge in [0.15, 0.2) is 0 Å². The molecular formula is C17H19ClN4O3. The molecule has 2 aromatic rings. The van der Waals surface area contributed by atoms with Crippen LogP contribution in [0.5, 0.6) is 11.8 Å². The number of methoxy groups -OCH3 is 1. The molecule has 1 N–H and O–H groups in total. The number of rotatable bonds is 5. The van der Waals surface area contributed by atoms with Crippen molar-refractivity contribution in [2.75, 3.05) is 20.2 Å². The lowest BCUT2D eigenvalue weighted by Crippen LogP contribution is -2.39.